The van der Waals surface area contributed by atoms with Crippen LogP contribution in [0.1, 0.15) is 24.2 Å². The number of pyridine rings is 1. The fourth-order valence-corrected chi connectivity index (χ4v) is 6.66. The minimum atomic E-state index is -4.46. The third kappa shape index (κ3) is 3.13. The van der Waals surface area contributed by atoms with Gasteiger partial charge in [0, 0.05) is 36.4 Å². The number of aliphatic hydroxyl groups is 1. The lowest BCUT2D eigenvalue weighted by atomic mass is 9.87. The van der Waals surface area contributed by atoms with Crippen LogP contribution in [-0.2, 0) is 21.4 Å². The van der Waals surface area contributed by atoms with Crippen LogP contribution in [0, 0.1) is 17.7 Å². The van der Waals surface area contributed by atoms with Gasteiger partial charge in [-0.1, -0.05) is 24.3 Å². The van der Waals surface area contributed by atoms with E-state index in [9.17, 15) is 32.6 Å². The molecule has 0 saturated carbocycles. The first-order valence-corrected chi connectivity index (χ1v) is 11.2. The molecule has 31 heavy (non-hydrogen) atoms. The number of aliphatic hydroxyl groups excluding tert-OH is 1. The summed E-state index contributed by atoms with van der Waals surface area (Å²) in [6.45, 7) is 1.02. The molecule has 4 atom stereocenters. The van der Waals surface area contributed by atoms with Crippen molar-refractivity contribution in [2.75, 3.05) is 6.61 Å². The molecule has 2 aliphatic heterocycles. The van der Waals surface area contributed by atoms with E-state index in [0.717, 1.165) is 16.4 Å². The van der Waals surface area contributed by atoms with Crippen LogP contribution in [0.2, 0.25) is 0 Å². The van der Waals surface area contributed by atoms with E-state index in [1.54, 1.807) is 19.1 Å². The van der Waals surface area contributed by atoms with Gasteiger partial charge in [-0.25, -0.2) is 12.8 Å². The van der Waals surface area contributed by atoms with Gasteiger partial charge >= 0.3 is 5.97 Å². The molecule has 4 rings (SSSR count). The predicted octanol–water partition coefficient (Wildman–Crippen LogP) is 1.46. The number of halogens is 1. The molecule has 10 heteroatoms. The highest BCUT2D eigenvalue weighted by atomic mass is 32.2. The van der Waals surface area contributed by atoms with Crippen molar-refractivity contribution >= 4 is 22.1 Å². The Kier molecular flexibility index (Phi) is 5.32. The van der Waals surface area contributed by atoms with Crippen molar-refractivity contribution in [3.63, 3.8) is 0 Å². The van der Waals surface area contributed by atoms with E-state index < -0.39 is 57.2 Å². The van der Waals surface area contributed by atoms with E-state index in [-0.39, 0.29) is 17.8 Å². The molecule has 2 aliphatic rings. The molecule has 8 nitrogen and oxygen atoms in total. The van der Waals surface area contributed by atoms with Crippen molar-refractivity contribution in [2.24, 2.45) is 11.8 Å². The third-order valence-corrected chi connectivity index (χ3v) is 7.98. The Bertz CT molecular complexity index is 1240. The summed E-state index contributed by atoms with van der Waals surface area (Å²) in [4.78, 5) is 24.5. The number of allylic oxidation sites excluding steroid dienone is 1. The molecule has 2 bridgehead atoms. The molecule has 1 aromatic heterocycles. The molecule has 0 spiro atoms. The molecule has 3 heterocycles. The van der Waals surface area contributed by atoms with Crippen LogP contribution in [0.5, 0.6) is 0 Å². The van der Waals surface area contributed by atoms with Crippen molar-refractivity contribution in [1.82, 2.24) is 8.87 Å². The monoisotopic (exact) mass is 448 g/mol. The van der Waals surface area contributed by atoms with Crippen LogP contribution in [0.15, 0.2) is 52.2 Å². The Labute approximate surface area is 177 Å². The number of aromatic nitrogens is 1. The first-order chi connectivity index (χ1) is 14.7. The van der Waals surface area contributed by atoms with Crippen molar-refractivity contribution in [3.05, 3.63) is 69.9 Å². The molecule has 1 saturated heterocycles. The molecule has 0 aliphatic carbocycles. The van der Waals surface area contributed by atoms with Gasteiger partial charge in [0.15, 0.2) is 0 Å². The van der Waals surface area contributed by atoms with Gasteiger partial charge in [-0.2, -0.15) is 4.31 Å². The minimum Gasteiger partial charge on any atom is -0.481 e. The number of carboxylic acid groups (broad SMARTS) is 1. The number of carbonyl (C=O) groups is 1. The summed E-state index contributed by atoms with van der Waals surface area (Å²) in [6, 6.07) is 5.61. The first-order valence-electron chi connectivity index (χ1n) is 9.72. The lowest BCUT2D eigenvalue weighted by Gasteiger charge is -2.37. The normalized spacial score (nSPS) is 25.6. The number of carboxylic acids is 1. The summed E-state index contributed by atoms with van der Waals surface area (Å²) in [5.74, 6) is -4.51. The Morgan fingerprint density at radius 3 is 2.58 bits per heavy atom. The fraction of sp³-hybridized carbons (Fsp3) is 0.333. The summed E-state index contributed by atoms with van der Waals surface area (Å²) in [7, 11) is -4.46. The van der Waals surface area contributed by atoms with Crippen molar-refractivity contribution in [1.29, 1.82) is 0 Å². The van der Waals surface area contributed by atoms with E-state index in [4.69, 9.17) is 0 Å². The van der Waals surface area contributed by atoms with Gasteiger partial charge in [-0.05, 0) is 31.2 Å². The zero-order chi connectivity index (χ0) is 22.5. The average Bonchev–Trinajstić information content (AvgIpc) is 2.99. The Morgan fingerprint density at radius 2 is 1.97 bits per heavy atom. The van der Waals surface area contributed by atoms with Crippen LogP contribution in [0.3, 0.4) is 0 Å². The zero-order valence-electron chi connectivity index (χ0n) is 16.6. The van der Waals surface area contributed by atoms with E-state index >= 15 is 0 Å². The van der Waals surface area contributed by atoms with Gasteiger partial charge in [-0.15, -0.1) is 0 Å². The molecular formula is C21H21FN2O6S. The Hall–Kier alpha value is -2.82. The van der Waals surface area contributed by atoms with Crippen LogP contribution in [-0.4, -0.2) is 46.1 Å². The largest absolute Gasteiger partial charge is 0.481 e. The van der Waals surface area contributed by atoms with E-state index in [2.05, 4.69) is 0 Å². The van der Waals surface area contributed by atoms with Gasteiger partial charge < -0.3 is 14.8 Å². The molecule has 0 radical (unpaired) electrons. The molecule has 1 aromatic carbocycles. The lowest BCUT2D eigenvalue weighted by molar-refractivity contribution is -0.144. The van der Waals surface area contributed by atoms with Gasteiger partial charge in [-0.3, -0.25) is 9.59 Å². The number of sulfonamides is 1. The second kappa shape index (κ2) is 7.70. The summed E-state index contributed by atoms with van der Waals surface area (Å²) in [5.41, 5.74) is 0.206. The van der Waals surface area contributed by atoms with E-state index in [1.165, 1.54) is 28.8 Å². The molecule has 2 aromatic rings. The first kappa shape index (κ1) is 21.4. The van der Waals surface area contributed by atoms with Gasteiger partial charge in [0.25, 0.3) is 5.56 Å². The van der Waals surface area contributed by atoms with Crippen molar-refractivity contribution in [2.45, 2.75) is 30.4 Å². The van der Waals surface area contributed by atoms with Gasteiger partial charge in [0.05, 0.1) is 12.0 Å². The van der Waals surface area contributed by atoms with Crippen molar-refractivity contribution in [3.8, 4) is 0 Å². The number of aliphatic carboxylic acids is 1. The van der Waals surface area contributed by atoms with E-state index in [1.807, 2.05) is 0 Å². The number of nitrogens with zero attached hydrogens (tertiary/aromatic N) is 2. The second-order valence-electron chi connectivity index (χ2n) is 7.62. The third-order valence-electron chi connectivity index (χ3n) is 6.04. The number of rotatable bonds is 5. The van der Waals surface area contributed by atoms with Crippen LogP contribution in [0.25, 0.3) is 6.08 Å². The fourth-order valence-electron chi connectivity index (χ4n) is 4.76. The van der Waals surface area contributed by atoms with Crippen LogP contribution < -0.4 is 5.56 Å². The number of hydrogen-bond donors (Lipinski definition) is 2. The average molecular weight is 448 g/mol. The highest BCUT2D eigenvalue weighted by Gasteiger charge is 2.60. The molecular weight excluding hydrogens is 427 g/mol. The van der Waals surface area contributed by atoms with Crippen LogP contribution >= 0.6 is 0 Å². The molecule has 1 fully saturated rings. The van der Waals surface area contributed by atoms with Gasteiger partial charge in [0.2, 0.25) is 10.0 Å². The molecule has 0 unspecified atom stereocenters. The maximum absolute atomic E-state index is 14.4. The van der Waals surface area contributed by atoms with Crippen LogP contribution in [0.4, 0.5) is 4.39 Å². The minimum absolute atomic E-state index is 0.140. The maximum atomic E-state index is 14.4. The molecule has 0 amide bonds. The highest BCUT2D eigenvalue weighted by molar-refractivity contribution is 7.89. The standard InChI is InChI=1S/C21H21FN2O6S/c1-2-5-12-8-9-15-19-18(21(27)28)13(11-25)16(10-23(15)20(12)26)24(19)31(29,30)17-7-4-3-6-14(17)22/h2-9,13,16,18-19,25H,10-11H2,1H3,(H,27,28)/b5-2+/t13-,16-,18+,19+/m1/s1. The quantitative estimate of drug-likeness (QED) is 0.715. The van der Waals surface area contributed by atoms with E-state index in [0.29, 0.717) is 5.56 Å². The summed E-state index contributed by atoms with van der Waals surface area (Å²) < 4.78 is 43.7. The number of fused-ring (bicyclic) bond motifs is 4. The van der Waals surface area contributed by atoms with Gasteiger partial charge in [0.1, 0.15) is 10.7 Å². The Morgan fingerprint density at radius 1 is 1.26 bits per heavy atom. The number of hydrogen-bond acceptors (Lipinski definition) is 5. The molecule has 164 valence electrons. The smallest absolute Gasteiger partial charge is 0.308 e. The zero-order valence-corrected chi connectivity index (χ0v) is 17.4. The highest BCUT2D eigenvalue weighted by Crippen LogP contribution is 2.50. The number of benzene rings is 1. The predicted molar refractivity (Wildman–Crippen MR) is 109 cm³/mol. The lowest BCUT2D eigenvalue weighted by Crippen LogP contribution is -2.49. The SMILES string of the molecule is C/C=C/c1ccc2n(c1=O)C[C@@H]1[C@@H](CO)[C@H](C(=O)O)[C@H]2N1S(=O)(=O)c1ccccc1F. The maximum Gasteiger partial charge on any atom is 0.308 e. The summed E-state index contributed by atoms with van der Waals surface area (Å²) >= 11 is 0. The van der Waals surface area contributed by atoms with Crippen molar-refractivity contribution < 1.29 is 27.8 Å². The summed E-state index contributed by atoms with van der Waals surface area (Å²) in [6.07, 6.45) is 3.30. The Balaban J connectivity index is 1.97. The second-order valence-corrected chi connectivity index (χ2v) is 9.43. The summed E-state index contributed by atoms with van der Waals surface area (Å²) in [5, 5.41) is 19.9. The topological polar surface area (TPSA) is 117 Å². The molecule has 2 N–H and O–H groups in total.